The van der Waals surface area contributed by atoms with Crippen molar-refractivity contribution in [1.29, 1.82) is 0 Å². The lowest BCUT2D eigenvalue weighted by molar-refractivity contribution is -0.116. The number of unbranched alkanes of at least 4 members (excludes halogenated alkanes) is 1. The summed E-state index contributed by atoms with van der Waals surface area (Å²) in [6.07, 6.45) is 5.22. The van der Waals surface area contributed by atoms with Gasteiger partial charge in [-0.1, -0.05) is 40.2 Å². The smallest absolute Gasteiger partial charge is 0.143 e. The maximum Gasteiger partial charge on any atom is 0.143 e. The van der Waals surface area contributed by atoms with Crippen molar-refractivity contribution in [2.24, 2.45) is 0 Å². The minimum absolute atomic E-state index is 0.275. The molecule has 0 bridgehead atoms. The molecule has 0 heterocycles. The largest absolute Gasteiger partial charge is 0.377 e. The topological polar surface area (TPSA) is 26.3 Å². The van der Waals surface area contributed by atoms with Crippen LogP contribution in [0.15, 0.2) is 24.3 Å². The van der Waals surface area contributed by atoms with Crippen LogP contribution in [0.2, 0.25) is 0 Å². The first-order valence-corrected chi connectivity index (χ1v) is 8.16. The molecule has 104 valence electrons. The number of benzene rings is 1. The summed E-state index contributed by atoms with van der Waals surface area (Å²) in [5, 5.41) is 0.474. The molecule has 0 aromatic heterocycles. The van der Waals surface area contributed by atoms with Crippen molar-refractivity contribution < 1.29 is 9.53 Å². The first-order valence-electron chi connectivity index (χ1n) is 7.04. The Bertz CT molecular complexity index is 413. The number of Topliss-reactive ketones (excluding diaryl/α,β-unsaturated/α-hetero) is 1. The highest BCUT2D eigenvalue weighted by atomic mass is 79.9. The van der Waals surface area contributed by atoms with Crippen molar-refractivity contribution in [2.75, 3.05) is 11.9 Å². The molecule has 0 aliphatic heterocycles. The molecule has 0 saturated heterocycles. The Kier molecular flexibility index (Phi) is 6.05. The van der Waals surface area contributed by atoms with E-state index in [0.717, 1.165) is 25.4 Å². The molecule has 1 aliphatic carbocycles. The molecule has 0 unspecified atom stereocenters. The van der Waals surface area contributed by atoms with E-state index in [0.29, 0.717) is 18.4 Å². The fourth-order valence-corrected chi connectivity index (χ4v) is 2.42. The van der Waals surface area contributed by atoms with E-state index in [-0.39, 0.29) is 5.78 Å². The third kappa shape index (κ3) is 5.45. The number of carbonyl (C=O) groups is 1. The summed E-state index contributed by atoms with van der Waals surface area (Å²) in [6, 6.07) is 8.74. The van der Waals surface area contributed by atoms with Gasteiger partial charge >= 0.3 is 0 Å². The Morgan fingerprint density at radius 3 is 2.89 bits per heavy atom. The molecule has 0 amide bonds. The molecule has 1 aromatic rings. The molecular formula is C16H21BrO2. The molecule has 1 aromatic carbocycles. The van der Waals surface area contributed by atoms with Gasteiger partial charge < -0.3 is 4.74 Å². The molecule has 1 fully saturated rings. The van der Waals surface area contributed by atoms with E-state index in [4.69, 9.17) is 4.74 Å². The summed E-state index contributed by atoms with van der Waals surface area (Å²) in [7, 11) is 0. The van der Waals surface area contributed by atoms with Gasteiger partial charge in [0.1, 0.15) is 5.78 Å². The second kappa shape index (κ2) is 7.81. The van der Waals surface area contributed by atoms with E-state index in [9.17, 15) is 4.79 Å². The van der Waals surface area contributed by atoms with Gasteiger partial charge in [-0.25, -0.2) is 0 Å². The van der Waals surface area contributed by atoms with E-state index in [2.05, 4.69) is 40.2 Å². The van der Waals surface area contributed by atoms with Gasteiger partial charge in [-0.3, -0.25) is 4.79 Å². The van der Waals surface area contributed by atoms with Crippen LogP contribution in [0, 0.1) is 0 Å². The van der Waals surface area contributed by atoms with Gasteiger partial charge in [0.05, 0.1) is 11.9 Å². The Balaban J connectivity index is 1.60. The maximum atomic E-state index is 11.1. The van der Waals surface area contributed by atoms with Crippen molar-refractivity contribution in [2.45, 2.75) is 44.6 Å². The number of carbonyl (C=O) groups excluding carboxylic acids is 1. The number of ether oxygens (including phenoxy) is 1. The average molecular weight is 325 g/mol. The summed E-state index contributed by atoms with van der Waals surface area (Å²) < 4.78 is 5.67. The minimum atomic E-state index is 0.275. The summed E-state index contributed by atoms with van der Waals surface area (Å²) >= 11 is 3.17. The zero-order valence-corrected chi connectivity index (χ0v) is 12.8. The molecular weight excluding hydrogens is 304 g/mol. The maximum absolute atomic E-state index is 11.1. The predicted octanol–water partition coefficient (Wildman–Crippen LogP) is 4.21. The summed E-state index contributed by atoms with van der Waals surface area (Å²) in [5.41, 5.74) is 2.73. The van der Waals surface area contributed by atoms with E-state index >= 15 is 0 Å². The zero-order valence-electron chi connectivity index (χ0n) is 11.2. The van der Waals surface area contributed by atoms with Crippen LogP contribution < -0.4 is 0 Å². The van der Waals surface area contributed by atoms with Crippen LogP contribution in [0.3, 0.4) is 0 Å². The molecule has 2 rings (SSSR count). The van der Waals surface area contributed by atoms with Gasteiger partial charge in [-0.05, 0) is 42.7 Å². The second-order valence-electron chi connectivity index (χ2n) is 5.20. The normalized spacial score (nSPS) is 14.6. The summed E-state index contributed by atoms with van der Waals surface area (Å²) in [4.78, 5) is 11.1. The van der Waals surface area contributed by atoms with Crippen LogP contribution in [-0.4, -0.2) is 17.7 Å². The molecule has 1 saturated carbocycles. The third-order valence-electron chi connectivity index (χ3n) is 3.41. The van der Waals surface area contributed by atoms with Crippen molar-refractivity contribution in [3.05, 3.63) is 35.4 Å². The predicted molar refractivity (Wildman–Crippen MR) is 80.7 cm³/mol. The number of halogens is 1. The number of rotatable bonds is 9. The van der Waals surface area contributed by atoms with Gasteiger partial charge in [0, 0.05) is 13.0 Å². The molecule has 19 heavy (non-hydrogen) atoms. The highest BCUT2D eigenvalue weighted by Crippen LogP contribution is 2.40. The SMILES string of the molecule is O=C(CBr)CCCCOCc1cccc(C2CC2)c1. The zero-order chi connectivity index (χ0) is 13.5. The van der Waals surface area contributed by atoms with Crippen LogP contribution in [0.4, 0.5) is 0 Å². The van der Waals surface area contributed by atoms with Gasteiger partial charge in [0.15, 0.2) is 0 Å². The van der Waals surface area contributed by atoms with Gasteiger partial charge in [0.25, 0.3) is 0 Å². The van der Waals surface area contributed by atoms with Crippen LogP contribution in [0.5, 0.6) is 0 Å². The Hall–Kier alpha value is -0.670. The minimum Gasteiger partial charge on any atom is -0.377 e. The van der Waals surface area contributed by atoms with Gasteiger partial charge in [0.2, 0.25) is 0 Å². The average Bonchev–Trinajstić information content (AvgIpc) is 3.27. The molecule has 0 radical (unpaired) electrons. The third-order valence-corrected chi connectivity index (χ3v) is 4.04. The van der Waals surface area contributed by atoms with Crippen LogP contribution >= 0.6 is 15.9 Å². The number of alkyl halides is 1. The van der Waals surface area contributed by atoms with Crippen molar-refractivity contribution in [3.63, 3.8) is 0 Å². The number of hydrogen-bond acceptors (Lipinski definition) is 2. The van der Waals surface area contributed by atoms with Crippen molar-refractivity contribution in [1.82, 2.24) is 0 Å². The molecule has 0 spiro atoms. The highest BCUT2D eigenvalue weighted by Gasteiger charge is 2.23. The molecule has 0 N–H and O–H groups in total. The monoisotopic (exact) mass is 324 g/mol. The van der Waals surface area contributed by atoms with Crippen molar-refractivity contribution >= 4 is 21.7 Å². The van der Waals surface area contributed by atoms with E-state index in [1.54, 1.807) is 0 Å². The number of ketones is 1. The van der Waals surface area contributed by atoms with Crippen LogP contribution in [0.25, 0.3) is 0 Å². The Morgan fingerprint density at radius 2 is 2.16 bits per heavy atom. The molecule has 0 atom stereocenters. The first kappa shape index (κ1) is 14.7. The Labute approximate surface area is 123 Å². The van der Waals surface area contributed by atoms with Crippen molar-refractivity contribution in [3.8, 4) is 0 Å². The van der Waals surface area contributed by atoms with Crippen LogP contribution in [0.1, 0.15) is 49.1 Å². The van der Waals surface area contributed by atoms with Gasteiger partial charge in [-0.2, -0.15) is 0 Å². The fourth-order valence-electron chi connectivity index (χ4n) is 2.14. The first-order chi connectivity index (χ1) is 9.29. The standard InChI is InChI=1S/C16H21BrO2/c17-11-16(18)6-1-2-9-19-12-13-4-3-5-15(10-13)14-7-8-14/h3-5,10,14H,1-2,6-9,11-12H2. The fraction of sp³-hybridized carbons (Fsp3) is 0.562. The highest BCUT2D eigenvalue weighted by molar-refractivity contribution is 9.09. The summed E-state index contributed by atoms with van der Waals surface area (Å²) in [5.74, 6) is 1.08. The second-order valence-corrected chi connectivity index (χ2v) is 5.76. The van der Waals surface area contributed by atoms with Gasteiger partial charge in [-0.15, -0.1) is 0 Å². The molecule has 2 nitrogen and oxygen atoms in total. The Morgan fingerprint density at radius 1 is 1.32 bits per heavy atom. The molecule has 1 aliphatic rings. The van der Waals surface area contributed by atoms with E-state index in [1.807, 2.05) is 0 Å². The lowest BCUT2D eigenvalue weighted by Gasteiger charge is -2.06. The van der Waals surface area contributed by atoms with E-state index in [1.165, 1.54) is 24.0 Å². The lowest BCUT2D eigenvalue weighted by Crippen LogP contribution is -2.01. The van der Waals surface area contributed by atoms with E-state index < -0.39 is 0 Å². The number of hydrogen-bond donors (Lipinski definition) is 0. The van der Waals surface area contributed by atoms with Crippen LogP contribution in [-0.2, 0) is 16.1 Å². The lowest BCUT2D eigenvalue weighted by atomic mass is 10.1. The quantitative estimate of drug-likeness (QED) is 0.502. The summed E-state index contributed by atoms with van der Waals surface area (Å²) in [6.45, 7) is 1.43. The molecule has 3 heteroatoms.